The van der Waals surface area contributed by atoms with Crippen LogP contribution >= 0.6 is 0 Å². The van der Waals surface area contributed by atoms with Crippen LogP contribution in [-0.4, -0.2) is 49.8 Å². The highest BCUT2D eigenvalue weighted by Gasteiger charge is 2.54. The molecule has 0 unspecified atom stereocenters. The molecule has 1 aromatic carbocycles. The van der Waals surface area contributed by atoms with Crippen molar-refractivity contribution in [3.8, 4) is 0 Å². The molecule has 0 N–H and O–H groups in total. The summed E-state index contributed by atoms with van der Waals surface area (Å²) in [4.78, 5) is 15.9. The van der Waals surface area contributed by atoms with E-state index in [9.17, 15) is 18.0 Å². The summed E-state index contributed by atoms with van der Waals surface area (Å²) in [6.07, 6.45) is -1.42. The Bertz CT molecular complexity index is 850. The van der Waals surface area contributed by atoms with Crippen LogP contribution < -0.4 is 4.90 Å². The van der Waals surface area contributed by atoms with E-state index < -0.39 is 18.5 Å². The maximum atomic E-state index is 13.3. The molecule has 3 aliphatic rings. The fourth-order valence-electron chi connectivity index (χ4n) is 4.29. The van der Waals surface area contributed by atoms with Crippen molar-refractivity contribution in [1.82, 2.24) is 4.90 Å². The van der Waals surface area contributed by atoms with E-state index in [2.05, 4.69) is 6.58 Å². The predicted octanol–water partition coefficient (Wildman–Crippen LogP) is 4.43. The zero-order chi connectivity index (χ0) is 21.7. The lowest BCUT2D eigenvalue weighted by molar-refractivity contribution is -0.284. The Morgan fingerprint density at radius 1 is 1.13 bits per heavy atom. The maximum absolute atomic E-state index is 13.3. The highest BCUT2D eigenvalue weighted by Crippen LogP contribution is 2.52. The first-order chi connectivity index (χ1) is 14.0. The first-order valence-electron chi connectivity index (χ1n) is 10.3. The van der Waals surface area contributed by atoms with Crippen LogP contribution in [-0.2, 0) is 15.3 Å². The molecular formula is C22H27F3N2O3. The summed E-state index contributed by atoms with van der Waals surface area (Å²) in [5.41, 5.74) is 0.966. The Labute approximate surface area is 174 Å². The molecule has 4 rings (SSSR count). The Kier molecular flexibility index (Phi) is 5.13. The van der Waals surface area contributed by atoms with Crippen molar-refractivity contribution >= 4 is 11.6 Å². The van der Waals surface area contributed by atoms with Gasteiger partial charge in [0.2, 0.25) is 5.79 Å². The van der Waals surface area contributed by atoms with Crippen molar-refractivity contribution in [3.63, 3.8) is 0 Å². The van der Waals surface area contributed by atoms with Crippen molar-refractivity contribution in [1.29, 1.82) is 0 Å². The summed E-state index contributed by atoms with van der Waals surface area (Å²) >= 11 is 0. The minimum Gasteiger partial charge on any atom is -0.340 e. The smallest absolute Gasteiger partial charge is 0.340 e. The predicted molar refractivity (Wildman–Crippen MR) is 106 cm³/mol. The van der Waals surface area contributed by atoms with E-state index >= 15 is 0 Å². The second kappa shape index (κ2) is 7.27. The van der Waals surface area contributed by atoms with Gasteiger partial charge in [0.1, 0.15) is 6.54 Å². The van der Waals surface area contributed by atoms with Gasteiger partial charge in [-0.15, -0.1) is 0 Å². The first kappa shape index (κ1) is 21.2. The first-order valence-corrected chi connectivity index (χ1v) is 10.3. The monoisotopic (exact) mass is 424 g/mol. The van der Waals surface area contributed by atoms with Gasteiger partial charge in [0.15, 0.2) is 0 Å². The quantitative estimate of drug-likeness (QED) is 0.704. The number of benzene rings is 1. The molecule has 5 nitrogen and oxygen atoms in total. The van der Waals surface area contributed by atoms with Crippen LogP contribution in [0.4, 0.5) is 18.9 Å². The van der Waals surface area contributed by atoms with Gasteiger partial charge in [-0.2, -0.15) is 13.2 Å². The van der Waals surface area contributed by atoms with Crippen molar-refractivity contribution in [2.45, 2.75) is 45.1 Å². The van der Waals surface area contributed by atoms with Crippen molar-refractivity contribution in [3.05, 3.63) is 41.6 Å². The van der Waals surface area contributed by atoms with Crippen LogP contribution in [0.5, 0.6) is 0 Å². The fourth-order valence-corrected chi connectivity index (χ4v) is 4.29. The second-order valence-electron chi connectivity index (χ2n) is 9.09. The minimum absolute atomic E-state index is 0.0906. The molecule has 3 aliphatic heterocycles. The molecule has 2 fully saturated rings. The van der Waals surface area contributed by atoms with Crippen molar-refractivity contribution in [2.24, 2.45) is 5.41 Å². The lowest BCUT2D eigenvalue weighted by atomic mass is 9.93. The Balaban J connectivity index is 1.73. The zero-order valence-electron chi connectivity index (χ0n) is 17.3. The Morgan fingerprint density at radius 2 is 1.77 bits per heavy atom. The minimum atomic E-state index is -4.43. The number of alkyl halides is 3. The highest BCUT2D eigenvalue weighted by atomic mass is 19.4. The van der Waals surface area contributed by atoms with Gasteiger partial charge >= 0.3 is 6.18 Å². The van der Waals surface area contributed by atoms with E-state index in [-0.39, 0.29) is 17.0 Å². The molecule has 3 heterocycles. The SMILES string of the molecule is C=C1N(CC(F)(F)F)c2ccc(C(=O)N3CCCCC3)cc2C12OCC(C)(C)CO2. The summed E-state index contributed by atoms with van der Waals surface area (Å²) in [6.45, 7) is 8.61. The molecule has 0 aliphatic carbocycles. The van der Waals surface area contributed by atoms with E-state index in [4.69, 9.17) is 9.47 Å². The number of amides is 1. The number of nitrogens with zero attached hydrogens (tertiary/aromatic N) is 2. The van der Waals surface area contributed by atoms with E-state index in [1.54, 1.807) is 23.1 Å². The van der Waals surface area contributed by atoms with Crippen LogP contribution in [0.3, 0.4) is 0 Å². The lowest BCUT2D eigenvalue weighted by Gasteiger charge is -2.42. The third kappa shape index (κ3) is 3.71. The molecule has 164 valence electrons. The van der Waals surface area contributed by atoms with Gasteiger partial charge in [-0.05, 0) is 37.5 Å². The second-order valence-corrected chi connectivity index (χ2v) is 9.09. The summed E-state index contributed by atoms with van der Waals surface area (Å²) in [7, 11) is 0. The molecule has 1 aromatic rings. The average Bonchev–Trinajstić information content (AvgIpc) is 2.91. The number of ether oxygens (including phenoxy) is 2. The zero-order valence-corrected chi connectivity index (χ0v) is 17.3. The molecule has 0 saturated carbocycles. The number of hydrogen-bond acceptors (Lipinski definition) is 4. The van der Waals surface area contributed by atoms with E-state index in [0.717, 1.165) is 24.2 Å². The summed E-state index contributed by atoms with van der Waals surface area (Å²) in [6, 6.07) is 4.75. The molecule has 2 saturated heterocycles. The molecule has 0 bridgehead atoms. The van der Waals surface area contributed by atoms with Crippen molar-refractivity contribution < 1.29 is 27.4 Å². The number of likely N-dealkylation sites (tertiary alicyclic amines) is 1. The largest absolute Gasteiger partial charge is 0.406 e. The Hall–Kier alpha value is -2.06. The van der Waals surface area contributed by atoms with Crippen molar-refractivity contribution in [2.75, 3.05) is 37.7 Å². The van der Waals surface area contributed by atoms with Crippen LogP contribution in [0.15, 0.2) is 30.5 Å². The average molecular weight is 424 g/mol. The fraction of sp³-hybridized carbons (Fsp3) is 0.591. The van der Waals surface area contributed by atoms with Gasteiger partial charge in [-0.3, -0.25) is 4.79 Å². The maximum Gasteiger partial charge on any atom is 0.406 e. The molecule has 30 heavy (non-hydrogen) atoms. The molecule has 8 heteroatoms. The van der Waals surface area contributed by atoms with Gasteiger partial charge in [0.05, 0.1) is 24.6 Å². The van der Waals surface area contributed by atoms with Gasteiger partial charge in [0.25, 0.3) is 5.91 Å². The van der Waals surface area contributed by atoms with E-state index in [1.807, 2.05) is 13.8 Å². The standard InChI is InChI=1S/C22H27F3N2O3/c1-15-22(29-13-20(2,3)14-30-22)17-11-16(19(28)26-9-5-4-6-10-26)7-8-18(17)27(15)12-21(23,24)25/h7-8,11H,1,4-6,9-10,12-14H2,2-3H3. The van der Waals surface area contributed by atoms with Crippen LogP contribution in [0.1, 0.15) is 49.0 Å². The number of rotatable bonds is 2. The molecule has 0 aromatic heterocycles. The third-order valence-corrected chi connectivity index (χ3v) is 5.91. The summed E-state index contributed by atoms with van der Waals surface area (Å²) in [5.74, 6) is -1.63. The lowest BCUT2D eigenvalue weighted by Crippen LogP contribution is -2.47. The molecule has 0 atom stereocenters. The van der Waals surface area contributed by atoms with Gasteiger partial charge in [-0.1, -0.05) is 20.4 Å². The Morgan fingerprint density at radius 3 is 2.37 bits per heavy atom. The highest BCUT2D eigenvalue weighted by molar-refractivity contribution is 5.95. The molecule has 1 spiro atoms. The number of anilines is 1. The molecule has 0 radical (unpaired) electrons. The van der Waals surface area contributed by atoms with Crippen LogP contribution in [0.2, 0.25) is 0 Å². The van der Waals surface area contributed by atoms with E-state index in [1.165, 1.54) is 0 Å². The molecule has 1 amide bonds. The number of halogens is 3. The number of fused-ring (bicyclic) bond motifs is 2. The number of carbonyl (C=O) groups excluding carboxylic acids is 1. The third-order valence-electron chi connectivity index (χ3n) is 5.91. The molecular weight excluding hydrogens is 397 g/mol. The number of hydrogen-bond donors (Lipinski definition) is 0. The van der Waals surface area contributed by atoms with Crippen LogP contribution in [0, 0.1) is 5.41 Å². The normalized spacial score (nSPS) is 23.0. The number of piperidine rings is 1. The van der Waals surface area contributed by atoms with Crippen LogP contribution in [0.25, 0.3) is 0 Å². The summed E-state index contributed by atoms with van der Waals surface area (Å²) in [5, 5.41) is 0. The van der Waals surface area contributed by atoms with Gasteiger partial charge in [0, 0.05) is 29.6 Å². The van der Waals surface area contributed by atoms with E-state index in [0.29, 0.717) is 43.1 Å². The number of carbonyl (C=O) groups is 1. The topological polar surface area (TPSA) is 42.0 Å². The van der Waals surface area contributed by atoms with Gasteiger partial charge < -0.3 is 19.3 Å². The summed E-state index contributed by atoms with van der Waals surface area (Å²) < 4.78 is 51.9. The van der Waals surface area contributed by atoms with Gasteiger partial charge in [-0.25, -0.2) is 0 Å².